The molecule has 0 fully saturated rings. The van der Waals surface area contributed by atoms with Crippen molar-refractivity contribution < 1.29 is 14.0 Å². The number of allylic oxidation sites excluding steroid dienone is 2. The zero-order chi connectivity index (χ0) is 28.5. The van der Waals surface area contributed by atoms with Crippen LogP contribution in [0.1, 0.15) is 41.8 Å². The molecule has 0 saturated heterocycles. The van der Waals surface area contributed by atoms with Crippen molar-refractivity contribution in [3.8, 4) is 0 Å². The Labute approximate surface area is 275 Å². The van der Waals surface area contributed by atoms with Gasteiger partial charge in [0.05, 0.1) is 0 Å². The number of hydrogen-bond donors (Lipinski definition) is 0. The average molecular weight is 664 g/mol. The van der Waals surface area contributed by atoms with Gasteiger partial charge in [0, 0.05) is 0 Å². The molecule has 2 aliphatic rings. The monoisotopic (exact) mass is 662 g/mol. The summed E-state index contributed by atoms with van der Waals surface area (Å²) >= 11 is -3.67. The van der Waals surface area contributed by atoms with Crippen molar-refractivity contribution in [3.63, 3.8) is 0 Å². The summed E-state index contributed by atoms with van der Waals surface area (Å²) in [5.41, 5.74) is 11.6. The Bertz CT molecular complexity index is 2020. The van der Waals surface area contributed by atoms with E-state index in [1.54, 1.807) is 11.1 Å². The van der Waals surface area contributed by atoms with Crippen LogP contribution in [-0.4, -0.2) is 7.63 Å². The van der Waals surface area contributed by atoms with Crippen LogP contribution in [0.15, 0.2) is 133 Å². The molecule has 2 unspecified atom stereocenters. The maximum absolute atomic E-state index is 3.67. The van der Waals surface area contributed by atoms with Crippen molar-refractivity contribution in [3.05, 3.63) is 167 Å². The summed E-state index contributed by atoms with van der Waals surface area (Å²) in [6, 6.07) is 49.8. The van der Waals surface area contributed by atoms with Gasteiger partial charge in [-0.1, -0.05) is 0 Å². The zero-order valence-electron chi connectivity index (χ0n) is 25.0. The molecule has 0 N–H and O–H groups in total. The molecule has 0 bridgehead atoms. The van der Waals surface area contributed by atoms with Crippen molar-refractivity contribution in [2.45, 2.75) is 18.9 Å². The minimum absolute atomic E-state index is 0. The first-order chi connectivity index (χ1) is 20.4. The van der Waals surface area contributed by atoms with Gasteiger partial charge in [0.2, 0.25) is 0 Å². The Morgan fingerprint density at radius 1 is 0.455 bits per heavy atom. The van der Waals surface area contributed by atoms with E-state index in [4.69, 9.17) is 0 Å². The van der Waals surface area contributed by atoms with Gasteiger partial charge in [0.25, 0.3) is 0 Å². The fourth-order valence-electron chi connectivity index (χ4n) is 8.23. The molecular weight excluding hydrogens is 627 g/mol. The van der Waals surface area contributed by atoms with Gasteiger partial charge < -0.3 is 0 Å². The molecule has 0 amide bonds. The van der Waals surface area contributed by atoms with E-state index in [0.717, 1.165) is 0 Å². The van der Waals surface area contributed by atoms with Crippen LogP contribution in [0.4, 0.5) is 0 Å². The summed E-state index contributed by atoms with van der Waals surface area (Å²) in [7, 11) is 2.42. The number of rotatable bonds is 4. The molecule has 44 heavy (non-hydrogen) atoms. The summed E-state index contributed by atoms with van der Waals surface area (Å²) in [6.45, 7) is 0. The Kier molecular flexibility index (Phi) is 7.94. The predicted molar refractivity (Wildman–Crippen MR) is 197 cm³/mol. The van der Waals surface area contributed by atoms with E-state index in [1.807, 2.05) is 0 Å². The van der Waals surface area contributed by atoms with Crippen LogP contribution in [0.25, 0.3) is 44.8 Å². The van der Waals surface area contributed by atoms with E-state index < -0.39 is 14.0 Å². The van der Waals surface area contributed by atoms with Gasteiger partial charge in [-0.2, -0.15) is 0 Å². The third-order valence-corrected chi connectivity index (χ3v) is 21.1. The molecule has 0 radical (unpaired) electrons. The van der Waals surface area contributed by atoms with Crippen LogP contribution < -0.4 is 0 Å². The van der Waals surface area contributed by atoms with E-state index in [-0.39, 0.29) is 24.8 Å². The second kappa shape index (κ2) is 11.3. The first-order valence-electron chi connectivity index (χ1n) is 15.0. The molecule has 8 rings (SSSR count). The van der Waals surface area contributed by atoms with Crippen LogP contribution in [0.5, 0.6) is 0 Å². The second-order valence-electron chi connectivity index (χ2n) is 13.3. The minimum atomic E-state index is -3.67. The van der Waals surface area contributed by atoms with Crippen molar-refractivity contribution >= 4 is 77.3 Å². The first-order valence-corrected chi connectivity index (χ1v) is 24.0. The van der Waals surface area contributed by atoms with Gasteiger partial charge in [0.15, 0.2) is 0 Å². The quantitative estimate of drug-likeness (QED) is 0.165. The van der Waals surface area contributed by atoms with E-state index in [2.05, 4.69) is 164 Å². The Morgan fingerprint density at radius 2 is 0.818 bits per heavy atom. The van der Waals surface area contributed by atoms with E-state index in [0.29, 0.717) is 8.45 Å². The van der Waals surface area contributed by atoms with E-state index in [9.17, 15) is 0 Å². The van der Waals surface area contributed by atoms with Crippen molar-refractivity contribution in [1.29, 1.82) is 0 Å². The second-order valence-corrected chi connectivity index (χ2v) is 33.5. The third kappa shape index (κ3) is 4.69. The number of fused-ring (bicyclic) bond motifs is 6. The van der Waals surface area contributed by atoms with Crippen molar-refractivity contribution in [1.82, 2.24) is 0 Å². The van der Waals surface area contributed by atoms with Crippen molar-refractivity contribution in [2.24, 2.45) is 0 Å². The van der Waals surface area contributed by atoms with Crippen LogP contribution in [0.2, 0.25) is 10.5 Å². The van der Waals surface area contributed by atoms with Gasteiger partial charge in [-0.3, -0.25) is 0 Å². The van der Waals surface area contributed by atoms with Crippen LogP contribution in [0, 0.1) is 0 Å². The zero-order valence-corrected chi connectivity index (χ0v) is 29.6. The molecule has 218 valence electrons. The average Bonchev–Trinajstić information content (AvgIpc) is 3.64. The SMILES string of the molecule is Cl.Cl.[CH3][Ti]([CH3])(=[SiH2])([CH]1C(c2ccccc2)=Cc2ccc3ccccc3c21)[CH]1C(c2ccccc2)=Cc2ccc3ccccc3c21. The summed E-state index contributed by atoms with van der Waals surface area (Å²) < 4.78 is 0.733. The van der Waals surface area contributed by atoms with Crippen LogP contribution in [0.3, 0.4) is 0 Å². The molecule has 0 heterocycles. The molecular formula is C40H36Cl2SiTi. The van der Waals surface area contributed by atoms with Gasteiger partial charge >= 0.3 is 252 Å². The molecule has 2 aliphatic carbocycles. The van der Waals surface area contributed by atoms with Crippen molar-refractivity contribution in [2.75, 3.05) is 0 Å². The molecule has 4 heteroatoms. The van der Waals surface area contributed by atoms with Gasteiger partial charge in [-0.15, -0.1) is 24.8 Å². The van der Waals surface area contributed by atoms with Crippen LogP contribution in [-0.2, 0) is 14.0 Å². The van der Waals surface area contributed by atoms with Gasteiger partial charge in [0.1, 0.15) is 0 Å². The maximum atomic E-state index is 2.74. The van der Waals surface area contributed by atoms with E-state index >= 15 is 0 Å². The summed E-state index contributed by atoms with van der Waals surface area (Å²) in [5, 5.41) is 11.0. The molecule has 6 aromatic carbocycles. The predicted octanol–water partition coefficient (Wildman–Crippen LogP) is 11.1. The summed E-state index contributed by atoms with van der Waals surface area (Å²) in [6.07, 6.45) is 5.05. The number of hydrogen-bond acceptors (Lipinski definition) is 0. The molecule has 0 aliphatic heterocycles. The molecule has 6 aromatic rings. The normalized spacial score (nSPS) is 17.2. The Balaban J connectivity index is 0.00000171. The molecule has 2 atom stereocenters. The van der Waals surface area contributed by atoms with E-state index in [1.165, 1.54) is 54.9 Å². The molecule has 0 aromatic heterocycles. The first kappa shape index (κ1) is 30.8. The fraction of sp³-hybridized carbons (Fsp3) is 0.100. The van der Waals surface area contributed by atoms with Crippen LogP contribution >= 0.6 is 24.8 Å². The summed E-state index contributed by atoms with van der Waals surface area (Å²) in [4.78, 5) is 0. The fourth-order valence-corrected chi connectivity index (χ4v) is 20.2. The molecule has 0 nitrogen and oxygen atoms in total. The third-order valence-electron chi connectivity index (χ3n) is 9.94. The number of benzene rings is 6. The number of halogens is 2. The van der Waals surface area contributed by atoms with Gasteiger partial charge in [-0.25, -0.2) is 0 Å². The van der Waals surface area contributed by atoms with Gasteiger partial charge in [-0.05, 0) is 0 Å². The Hall–Kier alpha value is -3.17. The summed E-state index contributed by atoms with van der Waals surface area (Å²) in [5.74, 6) is 0. The standard InChI is InChI=1S/2C19H13.2CH3.2ClH.H2Si.Ti/c2*1-2-6-14(7-3-1)17-12-16-11-10-15-8-4-5-9-18(15)19(16)13-17;;;;;;/h2*1-13H;2*1H3;2*1H;1H2;. The Morgan fingerprint density at radius 3 is 1.23 bits per heavy atom. The molecule has 0 saturated carbocycles. The molecule has 0 spiro atoms. The topological polar surface area (TPSA) is 0 Å².